The first kappa shape index (κ1) is 24.4. The lowest BCUT2D eigenvalue weighted by molar-refractivity contribution is -0.136. The van der Waals surface area contributed by atoms with Crippen molar-refractivity contribution >= 4 is 34.5 Å². The number of aromatic nitrogens is 2. The normalized spacial score (nSPS) is 17.0. The molecule has 2 aromatic rings. The van der Waals surface area contributed by atoms with Crippen molar-refractivity contribution < 1.29 is 19.2 Å². The maximum absolute atomic E-state index is 12.9. The van der Waals surface area contributed by atoms with Gasteiger partial charge in [0.15, 0.2) is 5.69 Å². The highest BCUT2D eigenvalue weighted by molar-refractivity contribution is 6.09. The van der Waals surface area contributed by atoms with Gasteiger partial charge < -0.3 is 5.32 Å². The summed E-state index contributed by atoms with van der Waals surface area (Å²) in [6, 6.07) is 6.04. The van der Waals surface area contributed by atoms with E-state index in [0.29, 0.717) is 30.2 Å². The summed E-state index contributed by atoms with van der Waals surface area (Å²) in [7, 11) is 0. The number of rotatable bonds is 7. The maximum atomic E-state index is 12.9. The molecule has 2 fully saturated rings. The zero-order valence-corrected chi connectivity index (χ0v) is 19.8. The predicted molar refractivity (Wildman–Crippen MR) is 127 cm³/mol. The number of amides is 5. The van der Waals surface area contributed by atoms with E-state index in [1.54, 1.807) is 24.3 Å². The number of imide groups is 1. The van der Waals surface area contributed by atoms with Gasteiger partial charge in [-0.15, -0.1) is 0 Å². The molecule has 1 saturated carbocycles. The van der Waals surface area contributed by atoms with Gasteiger partial charge in [-0.1, -0.05) is 57.2 Å². The molecular weight excluding hydrogens is 452 g/mol. The Bertz CT molecular complexity index is 1220. The number of nitrogens with one attached hydrogen (secondary N) is 3. The molecule has 2 aliphatic rings. The standard InChI is InChI=1S/C24H30N6O5/c1-2-3-9-14-30-21(33)17-11-6-5-10-16(17)19(28-30)20(32)27-26-18(31)15-29-22(34)24(25-23(29)35)12-7-4-8-13-24/h5-6,10-11H,2-4,7-9,12-15H2,1H3,(H,25,35)(H,26,31)(H,27,32). The minimum absolute atomic E-state index is 0.00634. The minimum atomic E-state index is -0.923. The zero-order valence-electron chi connectivity index (χ0n) is 19.8. The Kier molecular flexibility index (Phi) is 7.13. The second kappa shape index (κ2) is 10.2. The van der Waals surface area contributed by atoms with E-state index < -0.39 is 35.8 Å². The van der Waals surface area contributed by atoms with Gasteiger partial charge in [0.2, 0.25) is 0 Å². The van der Waals surface area contributed by atoms with Gasteiger partial charge in [0.25, 0.3) is 23.3 Å². The number of nitrogens with zero attached hydrogens (tertiary/aromatic N) is 3. The van der Waals surface area contributed by atoms with E-state index in [-0.39, 0.29) is 11.3 Å². The SMILES string of the molecule is CCCCCn1nc(C(=O)NNC(=O)CN2C(=O)NC3(CCCCC3)C2=O)c2ccccc2c1=O. The van der Waals surface area contributed by atoms with Crippen LogP contribution >= 0.6 is 0 Å². The van der Waals surface area contributed by atoms with Gasteiger partial charge >= 0.3 is 6.03 Å². The Labute approximate surface area is 202 Å². The molecule has 11 nitrogen and oxygen atoms in total. The molecule has 0 radical (unpaired) electrons. The van der Waals surface area contributed by atoms with Gasteiger partial charge in [0.05, 0.1) is 5.39 Å². The number of fused-ring (bicyclic) bond motifs is 1. The van der Waals surface area contributed by atoms with Crippen molar-refractivity contribution in [3.8, 4) is 0 Å². The molecule has 1 aromatic carbocycles. The molecule has 5 amide bonds. The summed E-state index contributed by atoms with van der Waals surface area (Å²) in [6.07, 6.45) is 6.42. The molecule has 0 unspecified atom stereocenters. The van der Waals surface area contributed by atoms with E-state index in [9.17, 15) is 24.0 Å². The molecule has 1 spiro atoms. The largest absolute Gasteiger partial charge is 0.325 e. The molecule has 1 aromatic heterocycles. The molecule has 1 aliphatic carbocycles. The zero-order chi connectivity index (χ0) is 25.0. The van der Waals surface area contributed by atoms with Crippen LogP contribution in [0.15, 0.2) is 29.1 Å². The molecule has 35 heavy (non-hydrogen) atoms. The van der Waals surface area contributed by atoms with Gasteiger partial charge in [-0.2, -0.15) is 5.10 Å². The third kappa shape index (κ3) is 4.89. The minimum Gasteiger partial charge on any atom is -0.323 e. The molecule has 2 heterocycles. The molecule has 0 bridgehead atoms. The number of carbonyl (C=O) groups is 4. The second-order valence-electron chi connectivity index (χ2n) is 9.10. The van der Waals surface area contributed by atoms with E-state index in [0.717, 1.165) is 43.4 Å². The average Bonchev–Trinajstić information content (AvgIpc) is 3.08. The molecular formula is C24H30N6O5. The van der Waals surface area contributed by atoms with E-state index >= 15 is 0 Å². The van der Waals surface area contributed by atoms with Gasteiger partial charge in [-0.05, 0) is 25.3 Å². The van der Waals surface area contributed by atoms with Crippen molar-refractivity contribution in [1.82, 2.24) is 30.8 Å². The van der Waals surface area contributed by atoms with Crippen LogP contribution < -0.4 is 21.7 Å². The number of benzene rings is 1. The van der Waals surface area contributed by atoms with Crippen molar-refractivity contribution in [3.63, 3.8) is 0 Å². The molecule has 4 rings (SSSR count). The Morgan fingerprint density at radius 3 is 2.46 bits per heavy atom. The van der Waals surface area contributed by atoms with E-state index in [4.69, 9.17) is 0 Å². The smallest absolute Gasteiger partial charge is 0.323 e. The molecule has 11 heteroatoms. The Hall–Kier alpha value is -3.76. The molecule has 1 aliphatic heterocycles. The van der Waals surface area contributed by atoms with Crippen LogP contribution in [-0.4, -0.2) is 50.5 Å². The number of aryl methyl sites for hydroxylation is 1. The fraction of sp³-hybridized carbons (Fsp3) is 0.500. The van der Waals surface area contributed by atoms with Gasteiger partial charge in [-0.3, -0.25) is 34.9 Å². The van der Waals surface area contributed by atoms with Crippen molar-refractivity contribution in [2.24, 2.45) is 0 Å². The van der Waals surface area contributed by atoms with Crippen molar-refractivity contribution in [2.75, 3.05) is 6.54 Å². The summed E-state index contributed by atoms with van der Waals surface area (Å²) in [5, 5.41) is 7.71. The second-order valence-corrected chi connectivity index (χ2v) is 9.10. The monoisotopic (exact) mass is 482 g/mol. The van der Waals surface area contributed by atoms with Gasteiger partial charge in [0, 0.05) is 11.9 Å². The van der Waals surface area contributed by atoms with Crippen molar-refractivity contribution in [3.05, 3.63) is 40.3 Å². The lowest BCUT2D eigenvalue weighted by atomic mass is 9.82. The lowest BCUT2D eigenvalue weighted by Gasteiger charge is -2.30. The lowest BCUT2D eigenvalue weighted by Crippen LogP contribution is -2.50. The molecule has 1 saturated heterocycles. The highest BCUT2D eigenvalue weighted by Crippen LogP contribution is 2.33. The number of hydrazine groups is 1. The number of hydrogen-bond acceptors (Lipinski definition) is 6. The molecule has 0 atom stereocenters. The summed E-state index contributed by atoms with van der Waals surface area (Å²) in [4.78, 5) is 64.2. The van der Waals surface area contributed by atoms with Crippen LogP contribution in [0.5, 0.6) is 0 Å². The first-order chi connectivity index (χ1) is 16.9. The highest BCUT2D eigenvalue weighted by atomic mass is 16.2. The van der Waals surface area contributed by atoms with Crippen LogP contribution in [-0.2, 0) is 16.1 Å². The van der Waals surface area contributed by atoms with Crippen LogP contribution in [0.3, 0.4) is 0 Å². The molecule has 3 N–H and O–H groups in total. The first-order valence-corrected chi connectivity index (χ1v) is 12.1. The summed E-state index contributed by atoms with van der Waals surface area (Å²) in [5.41, 5.74) is 3.33. The fourth-order valence-electron chi connectivity index (χ4n) is 4.75. The van der Waals surface area contributed by atoms with Crippen LogP contribution in [0, 0.1) is 0 Å². The maximum Gasteiger partial charge on any atom is 0.325 e. The third-order valence-corrected chi connectivity index (χ3v) is 6.63. The van der Waals surface area contributed by atoms with E-state index in [1.165, 1.54) is 4.68 Å². The van der Waals surface area contributed by atoms with Crippen LogP contribution in [0.4, 0.5) is 4.79 Å². The summed E-state index contributed by atoms with van der Waals surface area (Å²) < 4.78 is 1.27. The van der Waals surface area contributed by atoms with E-state index in [2.05, 4.69) is 21.3 Å². The third-order valence-electron chi connectivity index (χ3n) is 6.63. The van der Waals surface area contributed by atoms with E-state index in [1.807, 2.05) is 6.92 Å². The Morgan fingerprint density at radius 2 is 1.74 bits per heavy atom. The molecule has 186 valence electrons. The Balaban J connectivity index is 1.44. The van der Waals surface area contributed by atoms with Crippen LogP contribution in [0.1, 0.15) is 68.8 Å². The number of carbonyl (C=O) groups excluding carboxylic acids is 4. The first-order valence-electron chi connectivity index (χ1n) is 12.1. The summed E-state index contributed by atoms with van der Waals surface area (Å²) in [6.45, 7) is 1.90. The average molecular weight is 483 g/mol. The number of hydrogen-bond donors (Lipinski definition) is 3. The quantitative estimate of drug-likeness (QED) is 0.311. The van der Waals surface area contributed by atoms with Crippen molar-refractivity contribution in [2.45, 2.75) is 70.4 Å². The van der Waals surface area contributed by atoms with Crippen molar-refractivity contribution in [1.29, 1.82) is 0 Å². The summed E-state index contributed by atoms with van der Waals surface area (Å²) in [5.74, 6) is -1.84. The predicted octanol–water partition coefficient (Wildman–Crippen LogP) is 1.60. The van der Waals surface area contributed by atoms with Gasteiger partial charge in [-0.25, -0.2) is 9.48 Å². The van der Waals surface area contributed by atoms with Crippen LogP contribution in [0.2, 0.25) is 0 Å². The van der Waals surface area contributed by atoms with Gasteiger partial charge in [0.1, 0.15) is 12.1 Å². The highest BCUT2D eigenvalue weighted by Gasteiger charge is 2.51. The van der Waals surface area contributed by atoms with Crippen LogP contribution in [0.25, 0.3) is 10.8 Å². The number of unbranched alkanes of at least 4 members (excludes halogenated alkanes) is 2. The topological polar surface area (TPSA) is 142 Å². The fourth-order valence-corrected chi connectivity index (χ4v) is 4.75. The number of urea groups is 1. The summed E-state index contributed by atoms with van der Waals surface area (Å²) >= 11 is 0. The Morgan fingerprint density at radius 1 is 1.03 bits per heavy atom.